The number of aromatic carboxylic acids is 2. The summed E-state index contributed by atoms with van der Waals surface area (Å²) >= 11 is 6.65. The minimum Gasteiger partial charge on any atom is -0.545 e. The molecule has 0 aliphatic carbocycles. The maximum Gasteiger partial charge on any atom is 2.00 e. The van der Waals surface area contributed by atoms with E-state index in [1.165, 1.54) is 0 Å². The molecule has 0 aliphatic rings. The van der Waals surface area contributed by atoms with Gasteiger partial charge in [-0.3, -0.25) is 0 Å². The first-order valence-corrected chi connectivity index (χ1v) is 9.76. The summed E-state index contributed by atoms with van der Waals surface area (Å²) in [4.78, 5) is 21.7. The molecule has 0 aromatic heterocycles. The van der Waals surface area contributed by atoms with Crippen molar-refractivity contribution in [1.82, 2.24) is 0 Å². The number of benzene rings is 4. The monoisotopic (exact) mass is 612 g/mol. The van der Waals surface area contributed by atoms with E-state index < -0.39 is 11.9 Å². The number of carbonyl (C=O) groups is 2. The van der Waals surface area contributed by atoms with Crippen molar-refractivity contribution in [3.63, 3.8) is 0 Å². The smallest absolute Gasteiger partial charge is 0.545 e. The number of carboxylic acid groups (broad SMARTS) is 2. The van der Waals surface area contributed by atoms with Crippen molar-refractivity contribution in [2.45, 2.75) is 0 Å². The van der Waals surface area contributed by atoms with Crippen LogP contribution in [0, 0.1) is 0 Å². The van der Waals surface area contributed by atoms with Crippen molar-refractivity contribution in [1.29, 1.82) is 0 Å². The molecule has 0 unspecified atom stereocenters. The van der Waals surface area contributed by atoms with Crippen molar-refractivity contribution in [2.75, 3.05) is 0 Å². The molecule has 0 aliphatic heterocycles. The Hall–Kier alpha value is -1.78. The molecule has 0 amide bonds. The topological polar surface area (TPSA) is 80.3 Å². The van der Waals surface area contributed by atoms with Crippen LogP contribution in [0.3, 0.4) is 0 Å². The Labute approximate surface area is 204 Å². The average molecular weight is 613 g/mol. The number of hydrogen-bond donors (Lipinski definition) is 0. The molecule has 4 nitrogen and oxygen atoms in total. The summed E-state index contributed by atoms with van der Waals surface area (Å²) in [6.45, 7) is 0. The van der Waals surface area contributed by atoms with Crippen LogP contribution in [0.15, 0.2) is 81.7 Å². The van der Waals surface area contributed by atoms with Crippen LogP contribution in [0.5, 0.6) is 0 Å². The van der Waals surface area contributed by atoms with E-state index >= 15 is 0 Å². The van der Waals surface area contributed by atoms with Crippen LogP contribution < -0.4 is 10.2 Å². The molecule has 0 bridgehead atoms. The van der Waals surface area contributed by atoms with Gasteiger partial charge in [-0.2, -0.15) is 0 Å². The molecule has 4 aromatic rings. The Kier molecular flexibility index (Phi) is 8.36. The maximum atomic E-state index is 10.8. The second-order valence-electron chi connectivity index (χ2n) is 5.86. The van der Waals surface area contributed by atoms with Crippen molar-refractivity contribution in [3.8, 4) is 0 Å². The third-order valence-electron chi connectivity index (χ3n) is 4.15. The quantitative estimate of drug-likeness (QED) is 0.322. The van der Waals surface area contributed by atoms with Crippen LogP contribution in [-0.2, 0) is 27.3 Å². The van der Waals surface area contributed by atoms with E-state index in [1.807, 2.05) is 48.5 Å². The summed E-state index contributed by atoms with van der Waals surface area (Å²) in [6, 6.07) is 21.3. The van der Waals surface area contributed by atoms with Crippen molar-refractivity contribution >= 4 is 65.3 Å². The van der Waals surface area contributed by atoms with Crippen LogP contribution in [-0.4, -0.2) is 11.9 Å². The second-order valence-corrected chi connectivity index (χ2v) is 7.57. The Morgan fingerprint density at radius 1 is 0.586 bits per heavy atom. The first kappa shape index (κ1) is 23.5. The van der Waals surface area contributed by atoms with E-state index in [4.69, 9.17) is 0 Å². The van der Waals surface area contributed by atoms with Crippen LogP contribution in [0.2, 0.25) is 0 Å². The predicted octanol–water partition coefficient (Wildman–Crippen LogP) is 3.93. The van der Waals surface area contributed by atoms with Gasteiger partial charge >= 0.3 is 27.3 Å². The standard InChI is InChI=1S/2C11H7BrO2.Cd/c2*12-9-6-2-4-7-3-1-5-8(10(7)9)11(13)14;/h2*1-6H,(H,13,14);/q;;+2/p-2. The van der Waals surface area contributed by atoms with Gasteiger partial charge in [0.1, 0.15) is 0 Å². The molecule has 0 N–H and O–H groups in total. The first-order valence-electron chi connectivity index (χ1n) is 8.17. The minimum absolute atomic E-state index is 0. The molecule has 0 fully saturated rings. The fourth-order valence-corrected chi connectivity index (χ4v) is 4.12. The zero-order valence-electron chi connectivity index (χ0n) is 15.0. The van der Waals surface area contributed by atoms with Gasteiger partial charge in [-0.05, 0) is 22.9 Å². The molecule has 0 saturated heterocycles. The molecule has 4 aromatic carbocycles. The average Bonchev–Trinajstić information content (AvgIpc) is 2.68. The van der Waals surface area contributed by atoms with E-state index in [-0.39, 0.29) is 38.4 Å². The first-order chi connectivity index (χ1) is 13.4. The Balaban J connectivity index is 0.000000200. The molecular weight excluding hydrogens is 600 g/mol. The van der Waals surface area contributed by atoms with Crippen LogP contribution in [0.4, 0.5) is 0 Å². The van der Waals surface area contributed by atoms with E-state index in [0.29, 0.717) is 10.8 Å². The summed E-state index contributed by atoms with van der Waals surface area (Å²) in [5.74, 6) is -2.30. The third-order valence-corrected chi connectivity index (χ3v) is 5.47. The van der Waals surface area contributed by atoms with Crippen LogP contribution in [0.1, 0.15) is 20.7 Å². The number of halogens is 2. The van der Waals surface area contributed by atoms with Gasteiger partial charge < -0.3 is 19.8 Å². The minimum atomic E-state index is -1.15. The van der Waals surface area contributed by atoms with Crippen LogP contribution >= 0.6 is 31.9 Å². The molecule has 0 spiro atoms. The van der Waals surface area contributed by atoms with Gasteiger partial charge in [0, 0.05) is 30.8 Å². The summed E-state index contributed by atoms with van der Waals surface area (Å²) < 4.78 is 1.55. The van der Waals surface area contributed by atoms with Gasteiger partial charge in [0.25, 0.3) is 0 Å². The van der Waals surface area contributed by atoms with Gasteiger partial charge in [0.05, 0.1) is 11.9 Å². The number of rotatable bonds is 2. The Morgan fingerprint density at radius 3 is 1.21 bits per heavy atom. The number of hydrogen-bond acceptors (Lipinski definition) is 4. The van der Waals surface area contributed by atoms with E-state index in [1.54, 1.807) is 24.3 Å². The molecule has 7 heteroatoms. The van der Waals surface area contributed by atoms with Crippen molar-refractivity contribution in [3.05, 3.63) is 92.9 Å². The fraction of sp³-hybridized carbons (Fsp3) is 0. The van der Waals surface area contributed by atoms with Crippen molar-refractivity contribution in [2.24, 2.45) is 0 Å². The number of fused-ring (bicyclic) bond motifs is 2. The molecule has 140 valence electrons. The molecule has 0 saturated carbocycles. The summed E-state index contributed by atoms with van der Waals surface area (Å²) in [7, 11) is 0. The summed E-state index contributed by atoms with van der Waals surface area (Å²) in [5.41, 5.74) is 0.435. The predicted molar refractivity (Wildman–Crippen MR) is 112 cm³/mol. The fourth-order valence-electron chi connectivity index (χ4n) is 2.93. The molecule has 0 atom stereocenters. The van der Waals surface area contributed by atoms with Crippen LogP contribution in [0.25, 0.3) is 21.5 Å². The number of carboxylic acids is 2. The van der Waals surface area contributed by atoms with Gasteiger partial charge in [-0.25, -0.2) is 0 Å². The zero-order valence-corrected chi connectivity index (χ0v) is 22.2. The van der Waals surface area contributed by atoms with Crippen molar-refractivity contribution < 1.29 is 47.1 Å². The van der Waals surface area contributed by atoms with Gasteiger partial charge in [0.15, 0.2) is 0 Å². The maximum absolute atomic E-state index is 10.8. The SMILES string of the molecule is O=C([O-])c1cccc2cccc(Br)c12.O=C([O-])c1cccc2cccc(Br)c12.[Cd+2]. The van der Waals surface area contributed by atoms with E-state index in [9.17, 15) is 19.8 Å². The molecule has 4 rings (SSSR count). The van der Waals surface area contributed by atoms with E-state index in [0.717, 1.165) is 19.7 Å². The summed E-state index contributed by atoms with van der Waals surface area (Å²) in [5, 5.41) is 24.8. The normalized spacial score (nSPS) is 10.0. The van der Waals surface area contributed by atoms with Gasteiger partial charge in [0.2, 0.25) is 0 Å². The molecular formula is C22H12Br2CdO4. The van der Waals surface area contributed by atoms with Gasteiger partial charge in [-0.15, -0.1) is 0 Å². The summed E-state index contributed by atoms with van der Waals surface area (Å²) in [6.07, 6.45) is 0. The zero-order chi connectivity index (χ0) is 20.3. The van der Waals surface area contributed by atoms with Gasteiger partial charge in [-0.1, -0.05) is 92.5 Å². The van der Waals surface area contributed by atoms with E-state index in [2.05, 4.69) is 31.9 Å². The number of carbonyl (C=O) groups excluding carboxylic acids is 2. The Bertz CT molecular complexity index is 1100. The molecule has 0 heterocycles. The Morgan fingerprint density at radius 2 is 0.897 bits per heavy atom. The largest absolute Gasteiger partial charge is 2.00 e. The molecule has 0 radical (unpaired) electrons. The molecule has 29 heavy (non-hydrogen) atoms. The third kappa shape index (κ3) is 5.23. The second kappa shape index (κ2) is 10.3.